The molecule has 2 heterocycles. The van der Waals surface area contributed by atoms with Crippen molar-refractivity contribution in [2.45, 2.75) is 11.8 Å². The van der Waals surface area contributed by atoms with Crippen LogP contribution in [0.15, 0.2) is 76.7 Å². The lowest BCUT2D eigenvalue weighted by atomic mass is 9.96. The largest absolute Gasteiger partial charge is 0.350 e. The molecular weight excluding hydrogens is 460 g/mol. The number of rotatable bonds is 5. The van der Waals surface area contributed by atoms with Gasteiger partial charge in [-0.2, -0.15) is 10.2 Å². The molecule has 0 atom stereocenters. The van der Waals surface area contributed by atoms with Gasteiger partial charge < -0.3 is 5.32 Å². The first-order valence-electron chi connectivity index (χ1n) is 11.0. The van der Waals surface area contributed by atoms with Crippen molar-refractivity contribution in [3.63, 3.8) is 0 Å². The van der Waals surface area contributed by atoms with E-state index in [1.807, 2.05) is 80.9 Å². The minimum Gasteiger partial charge on any atom is -0.321 e. The highest BCUT2D eigenvalue weighted by molar-refractivity contribution is 7.98. The van der Waals surface area contributed by atoms with E-state index in [0.29, 0.717) is 5.69 Å². The second kappa shape index (κ2) is 8.92. The molecule has 0 spiro atoms. The average molecular weight is 485 g/mol. The first kappa shape index (κ1) is 22.7. The van der Waals surface area contributed by atoms with E-state index < -0.39 is 0 Å². The van der Waals surface area contributed by atoms with Gasteiger partial charge in [0.15, 0.2) is 5.69 Å². The predicted octanol–water partition coefficient (Wildman–Crippen LogP) is 4.41. The van der Waals surface area contributed by atoms with Gasteiger partial charge in [0, 0.05) is 30.1 Å². The molecule has 0 saturated heterocycles. The normalized spacial score (nSPS) is 11.2. The fraction of sp³-hybridized carbons (Fsp3) is 0.154. The molecule has 3 aromatic carbocycles. The van der Waals surface area contributed by atoms with Crippen LogP contribution in [0.4, 0.5) is 5.69 Å². The number of nitrogens with one attached hydrogen (secondary N) is 1. The zero-order chi connectivity index (χ0) is 24.7. The molecule has 0 bridgehead atoms. The minimum atomic E-state index is -0.250. The number of benzene rings is 3. The van der Waals surface area contributed by atoms with E-state index in [1.54, 1.807) is 23.5 Å². The van der Waals surface area contributed by atoms with E-state index in [9.17, 15) is 9.59 Å². The van der Waals surface area contributed by atoms with Gasteiger partial charge >= 0.3 is 5.69 Å². The van der Waals surface area contributed by atoms with Crippen molar-refractivity contribution in [3.8, 4) is 16.8 Å². The smallest absolute Gasteiger partial charge is 0.321 e. The fourth-order valence-electron chi connectivity index (χ4n) is 4.25. The Hall–Kier alpha value is -4.11. The zero-order valence-electron chi connectivity index (χ0n) is 19.8. The van der Waals surface area contributed by atoms with Crippen LogP contribution < -0.4 is 11.0 Å². The summed E-state index contributed by atoms with van der Waals surface area (Å²) in [6.07, 6.45) is 3.50. The third-order valence-electron chi connectivity index (χ3n) is 6.10. The molecule has 176 valence electrons. The molecule has 0 aliphatic rings. The van der Waals surface area contributed by atoms with Gasteiger partial charge in [-0.1, -0.05) is 24.3 Å². The highest BCUT2D eigenvalue weighted by atomic mass is 32.2. The Morgan fingerprint density at radius 3 is 2.46 bits per heavy atom. The molecule has 9 heteroatoms. The second-order valence-electron chi connectivity index (χ2n) is 8.24. The molecule has 0 aliphatic carbocycles. The molecule has 5 aromatic rings. The molecule has 5 rings (SSSR count). The maximum Gasteiger partial charge on any atom is 0.350 e. The summed E-state index contributed by atoms with van der Waals surface area (Å²) in [5, 5.41) is 12.4. The van der Waals surface area contributed by atoms with E-state index in [-0.39, 0.29) is 11.6 Å². The van der Waals surface area contributed by atoms with Gasteiger partial charge in [0.2, 0.25) is 0 Å². The molecule has 0 unspecified atom stereocenters. The quantitative estimate of drug-likeness (QED) is 0.374. The Kier molecular flexibility index (Phi) is 5.78. The third kappa shape index (κ3) is 4.04. The Morgan fingerprint density at radius 2 is 1.77 bits per heavy atom. The Morgan fingerprint density at radius 1 is 1.00 bits per heavy atom. The number of nitrogens with zero attached hydrogens (tertiary/aromatic N) is 5. The van der Waals surface area contributed by atoms with Crippen LogP contribution in [0.1, 0.15) is 16.1 Å². The summed E-state index contributed by atoms with van der Waals surface area (Å²) in [6.45, 7) is 2.00. The molecule has 0 saturated carbocycles. The zero-order valence-corrected chi connectivity index (χ0v) is 20.6. The minimum absolute atomic E-state index is 0.204. The monoisotopic (exact) mass is 484 g/mol. The van der Waals surface area contributed by atoms with E-state index in [1.165, 1.54) is 15.6 Å². The number of thioether (sulfide) groups is 1. The summed E-state index contributed by atoms with van der Waals surface area (Å²) in [6, 6.07) is 19.5. The molecule has 0 fully saturated rings. The third-order valence-corrected chi connectivity index (χ3v) is 6.83. The number of anilines is 1. The Labute approximate surface area is 206 Å². The highest BCUT2D eigenvalue weighted by Gasteiger charge is 2.20. The predicted molar refractivity (Wildman–Crippen MR) is 139 cm³/mol. The first-order chi connectivity index (χ1) is 16.9. The summed E-state index contributed by atoms with van der Waals surface area (Å²) < 4.78 is 4.52. The standard InChI is InChI=1S/C26H24N6O2S/c1-16-21(17-8-10-19(11-9-17)32-15-27-31(3)26(32)34)12-13-22-23(16)24(29-30(22)2)25(33)28-18-6-5-7-20(14-18)35-4/h5-15H,1-4H3,(H,28,33). The van der Waals surface area contributed by atoms with Crippen molar-refractivity contribution in [2.75, 3.05) is 11.6 Å². The maximum absolute atomic E-state index is 13.2. The molecule has 2 aromatic heterocycles. The van der Waals surface area contributed by atoms with Crippen molar-refractivity contribution >= 4 is 34.3 Å². The summed E-state index contributed by atoms with van der Waals surface area (Å²) in [4.78, 5) is 26.5. The van der Waals surface area contributed by atoms with Crippen molar-refractivity contribution in [3.05, 3.63) is 88.7 Å². The van der Waals surface area contributed by atoms with Gasteiger partial charge in [-0.3, -0.25) is 9.48 Å². The van der Waals surface area contributed by atoms with Crippen LogP contribution in [0.5, 0.6) is 0 Å². The van der Waals surface area contributed by atoms with Crippen LogP contribution in [0.3, 0.4) is 0 Å². The molecule has 0 radical (unpaired) electrons. The van der Waals surface area contributed by atoms with E-state index >= 15 is 0 Å². The topological polar surface area (TPSA) is 86.7 Å². The van der Waals surface area contributed by atoms with Crippen LogP contribution in [0.25, 0.3) is 27.7 Å². The number of fused-ring (bicyclic) bond motifs is 1. The number of hydrogen-bond donors (Lipinski definition) is 1. The molecule has 0 aliphatic heterocycles. The van der Waals surface area contributed by atoms with Gasteiger partial charge in [-0.25, -0.2) is 14.0 Å². The summed E-state index contributed by atoms with van der Waals surface area (Å²) in [5.74, 6) is -0.250. The SMILES string of the molecule is CSc1cccc(NC(=O)c2nn(C)c3ccc(-c4ccc(-n5cnn(C)c5=O)cc4)c(C)c23)c1. The molecule has 35 heavy (non-hydrogen) atoms. The lowest BCUT2D eigenvalue weighted by molar-refractivity contribution is 0.102. The van der Waals surface area contributed by atoms with E-state index in [2.05, 4.69) is 15.5 Å². The number of hydrogen-bond acceptors (Lipinski definition) is 5. The van der Waals surface area contributed by atoms with Gasteiger partial charge in [0.1, 0.15) is 6.33 Å². The number of carbonyl (C=O) groups is 1. The van der Waals surface area contributed by atoms with Crippen molar-refractivity contribution in [2.24, 2.45) is 14.1 Å². The summed E-state index contributed by atoms with van der Waals surface area (Å²) >= 11 is 1.62. The maximum atomic E-state index is 13.2. The number of amides is 1. The molecule has 1 N–H and O–H groups in total. The summed E-state index contributed by atoms with van der Waals surface area (Å²) in [5.41, 5.74) is 5.47. The highest BCUT2D eigenvalue weighted by Crippen LogP contribution is 2.32. The Balaban J connectivity index is 1.53. The van der Waals surface area contributed by atoms with Gasteiger partial charge in [-0.15, -0.1) is 11.8 Å². The molecule has 1 amide bonds. The first-order valence-corrected chi connectivity index (χ1v) is 12.2. The van der Waals surface area contributed by atoms with E-state index in [4.69, 9.17) is 0 Å². The van der Waals surface area contributed by atoms with Crippen molar-refractivity contribution in [1.29, 1.82) is 0 Å². The van der Waals surface area contributed by atoms with Crippen LogP contribution in [-0.4, -0.2) is 36.3 Å². The fourth-order valence-corrected chi connectivity index (χ4v) is 4.70. The lowest BCUT2D eigenvalue weighted by Crippen LogP contribution is -2.21. The van der Waals surface area contributed by atoms with E-state index in [0.717, 1.165) is 43.9 Å². The number of aryl methyl sites for hydroxylation is 3. The Bertz CT molecular complexity index is 1630. The van der Waals surface area contributed by atoms with Crippen LogP contribution in [0.2, 0.25) is 0 Å². The average Bonchev–Trinajstić information content (AvgIpc) is 3.39. The second-order valence-corrected chi connectivity index (χ2v) is 9.12. The molecular formula is C26H24N6O2S. The lowest BCUT2D eigenvalue weighted by Gasteiger charge is -2.10. The number of aromatic nitrogens is 5. The van der Waals surface area contributed by atoms with Crippen LogP contribution in [-0.2, 0) is 14.1 Å². The summed E-state index contributed by atoms with van der Waals surface area (Å²) in [7, 11) is 3.46. The van der Waals surface area contributed by atoms with Gasteiger partial charge in [0.05, 0.1) is 11.2 Å². The van der Waals surface area contributed by atoms with Crippen LogP contribution >= 0.6 is 11.8 Å². The van der Waals surface area contributed by atoms with Crippen molar-refractivity contribution < 1.29 is 4.79 Å². The molecule has 8 nitrogen and oxygen atoms in total. The van der Waals surface area contributed by atoms with Crippen molar-refractivity contribution in [1.82, 2.24) is 24.1 Å². The van der Waals surface area contributed by atoms with Crippen LogP contribution in [0, 0.1) is 6.92 Å². The van der Waals surface area contributed by atoms with Gasteiger partial charge in [-0.05, 0) is 66.3 Å². The van der Waals surface area contributed by atoms with Gasteiger partial charge in [0.25, 0.3) is 5.91 Å². The number of carbonyl (C=O) groups excluding carboxylic acids is 1.